The molecule has 0 fully saturated rings. The fraction of sp³-hybridized carbons (Fsp3) is 0.538. The summed E-state index contributed by atoms with van der Waals surface area (Å²) in [6.07, 6.45) is 2.89. The summed E-state index contributed by atoms with van der Waals surface area (Å²) in [6, 6.07) is 1.54. The minimum atomic E-state index is -1.47. The molecule has 1 unspecified atom stereocenters. The fourth-order valence-corrected chi connectivity index (χ4v) is 1.72. The zero-order valence-corrected chi connectivity index (χ0v) is 11.4. The van der Waals surface area contributed by atoms with Gasteiger partial charge >= 0.3 is 5.97 Å². The topological polar surface area (TPSA) is 88.8 Å². The Kier molecular flexibility index (Phi) is 5.11. The lowest BCUT2D eigenvalue weighted by molar-refractivity contribution is -0.145. The molecular weight excluding hydrogens is 250 g/mol. The third kappa shape index (κ3) is 3.57. The Balaban J connectivity index is 2.88. The Hall–Kier alpha value is -1.82. The molecule has 19 heavy (non-hydrogen) atoms. The summed E-state index contributed by atoms with van der Waals surface area (Å²) in [5.41, 5.74) is -1.10. The summed E-state index contributed by atoms with van der Waals surface area (Å²) in [4.78, 5) is 23.3. The van der Waals surface area contributed by atoms with Crippen LogP contribution in [0.4, 0.5) is 0 Å². The van der Waals surface area contributed by atoms with E-state index in [1.54, 1.807) is 0 Å². The van der Waals surface area contributed by atoms with Gasteiger partial charge < -0.3 is 19.6 Å². The van der Waals surface area contributed by atoms with Crippen molar-refractivity contribution in [1.82, 2.24) is 5.32 Å². The molecule has 0 saturated heterocycles. The van der Waals surface area contributed by atoms with E-state index < -0.39 is 17.4 Å². The van der Waals surface area contributed by atoms with Crippen LogP contribution in [-0.4, -0.2) is 36.2 Å². The summed E-state index contributed by atoms with van der Waals surface area (Å²) in [7, 11) is 1.38. The van der Waals surface area contributed by atoms with Crippen LogP contribution in [0.15, 0.2) is 16.7 Å². The first-order valence-electron chi connectivity index (χ1n) is 6.05. The number of hydrogen-bond acceptors (Lipinski definition) is 4. The maximum Gasteiger partial charge on any atom is 0.331 e. The van der Waals surface area contributed by atoms with E-state index in [0.29, 0.717) is 17.7 Å². The molecule has 1 heterocycles. The number of carbonyl (C=O) groups is 2. The number of amides is 1. The van der Waals surface area contributed by atoms with Gasteiger partial charge in [-0.15, -0.1) is 0 Å². The van der Waals surface area contributed by atoms with E-state index in [-0.39, 0.29) is 6.61 Å². The number of carbonyl (C=O) groups excluding carboxylic acids is 1. The summed E-state index contributed by atoms with van der Waals surface area (Å²) in [6.45, 7) is 3.25. The van der Waals surface area contributed by atoms with Crippen LogP contribution in [0.2, 0.25) is 0 Å². The van der Waals surface area contributed by atoms with Gasteiger partial charge in [-0.3, -0.25) is 4.79 Å². The Morgan fingerprint density at radius 1 is 1.53 bits per heavy atom. The van der Waals surface area contributed by atoms with Gasteiger partial charge in [0.1, 0.15) is 5.76 Å². The lowest BCUT2D eigenvalue weighted by atomic mass is 10.0. The van der Waals surface area contributed by atoms with E-state index in [0.717, 1.165) is 6.42 Å². The molecule has 2 N–H and O–H groups in total. The first-order chi connectivity index (χ1) is 8.94. The molecule has 0 bridgehead atoms. The molecule has 0 spiro atoms. The Morgan fingerprint density at radius 3 is 2.74 bits per heavy atom. The average Bonchev–Trinajstić information content (AvgIpc) is 2.77. The van der Waals surface area contributed by atoms with Gasteiger partial charge in [-0.25, -0.2) is 4.79 Å². The number of ether oxygens (including phenoxy) is 1. The van der Waals surface area contributed by atoms with Crippen LogP contribution in [0.1, 0.15) is 36.4 Å². The van der Waals surface area contributed by atoms with E-state index in [1.165, 1.54) is 26.4 Å². The molecule has 106 valence electrons. The van der Waals surface area contributed by atoms with Crippen LogP contribution >= 0.6 is 0 Å². The number of hydrogen-bond donors (Lipinski definition) is 2. The van der Waals surface area contributed by atoms with Gasteiger partial charge in [0, 0.05) is 13.5 Å². The highest BCUT2D eigenvalue weighted by molar-refractivity contribution is 5.98. The summed E-state index contributed by atoms with van der Waals surface area (Å²) in [5.74, 6) is -1.06. The number of aryl methyl sites for hydroxylation is 1. The van der Waals surface area contributed by atoms with Gasteiger partial charge in [-0.05, 0) is 19.4 Å². The number of carboxylic acid groups (broad SMARTS) is 1. The van der Waals surface area contributed by atoms with Crippen molar-refractivity contribution in [1.29, 1.82) is 0 Å². The Bertz CT molecular complexity index is 454. The largest absolute Gasteiger partial charge is 0.479 e. The zero-order valence-electron chi connectivity index (χ0n) is 11.4. The van der Waals surface area contributed by atoms with Crippen LogP contribution in [0.3, 0.4) is 0 Å². The second-order valence-corrected chi connectivity index (χ2v) is 4.53. The van der Waals surface area contributed by atoms with Gasteiger partial charge in [0.2, 0.25) is 0 Å². The predicted octanol–water partition coefficient (Wildman–Crippen LogP) is 1.45. The van der Waals surface area contributed by atoms with Crippen LogP contribution < -0.4 is 5.32 Å². The van der Waals surface area contributed by atoms with Crippen molar-refractivity contribution in [2.75, 3.05) is 13.7 Å². The van der Waals surface area contributed by atoms with Gasteiger partial charge in [0.05, 0.1) is 18.4 Å². The van der Waals surface area contributed by atoms with Crippen LogP contribution in [0.5, 0.6) is 0 Å². The second-order valence-electron chi connectivity index (χ2n) is 4.53. The van der Waals surface area contributed by atoms with Crippen LogP contribution in [0, 0.1) is 0 Å². The zero-order chi connectivity index (χ0) is 14.5. The van der Waals surface area contributed by atoms with E-state index in [4.69, 9.17) is 14.3 Å². The highest BCUT2D eigenvalue weighted by atomic mass is 16.5. The molecule has 0 aliphatic carbocycles. The van der Waals surface area contributed by atoms with E-state index in [2.05, 4.69) is 5.32 Å². The van der Waals surface area contributed by atoms with Crippen molar-refractivity contribution in [3.63, 3.8) is 0 Å². The van der Waals surface area contributed by atoms with Crippen molar-refractivity contribution in [3.05, 3.63) is 23.7 Å². The molecule has 1 rings (SSSR count). The van der Waals surface area contributed by atoms with Crippen molar-refractivity contribution >= 4 is 11.9 Å². The average molecular weight is 269 g/mol. The van der Waals surface area contributed by atoms with Crippen LogP contribution in [-0.2, 0) is 16.0 Å². The van der Waals surface area contributed by atoms with E-state index >= 15 is 0 Å². The third-order valence-electron chi connectivity index (χ3n) is 2.76. The Labute approximate surface area is 111 Å². The molecular formula is C13H19NO5. The minimum Gasteiger partial charge on any atom is -0.479 e. The molecule has 1 aromatic heterocycles. The van der Waals surface area contributed by atoms with E-state index in [1.807, 2.05) is 6.92 Å². The Morgan fingerprint density at radius 2 is 2.21 bits per heavy atom. The summed E-state index contributed by atoms with van der Waals surface area (Å²) in [5, 5.41) is 11.6. The number of methoxy groups -OCH3 is 1. The summed E-state index contributed by atoms with van der Waals surface area (Å²) >= 11 is 0. The molecule has 6 nitrogen and oxygen atoms in total. The van der Waals surface area contributed by atoms with Crippen molar-refractivity contribution < 1.29 is 23.8 Å². The molecule has 0 radical (unpaired) electrons. The first kappa shape index (κ1) is 15.2. The van der Waals surface area contributed by atoms with Crippen molar-refractivity contribution in [2.24, 2.45) is 0 Å². The standard InChI is InChI=1S/C13H19NO5/c1-4-5-10-9(6-7-19-10)11(15)14-13(2,8-18-3)12(16)17/h6-7H,4-5,8H2,1-3H3,(H,14,15)(H,16,17). The minimum absolute atomic E-state index is 0.116. The quantitative estimate of drug-likeness (QED) is 0.782. The van der Waals surface area contributed by atoms with Crippen molar-refractivity contribution in [3.8, 4) is 0 Å². The predicted molar refractivity (Wildman–Crippen MR) is 68.1 cm³/mol. The fourth-order valence-electron chi connectivity index (χ4n) is 1.72. The molecule has 0 aliphatic rings. The molecule has 0 saturated carbocycles. The number of rotatable bonds is 7. The molecule has 6 heteroatoms. The lowest BCUT2D eigenvalue weighted by Gasteiger charge is -2.25. The van der Waals surface area contributed by atoms with Gasteiger partial charge in [-0.1, -0.05) is 6.92 Å². The molecule has 1 amide bonds. The highest BCUT2D eigenvalue weighted by Crippen LogP contribution is 2.15. The number of nitrogens with one attached hydrogen (secondary N) is 1. The maximum absolute atomic E-state index is 12.1. The van der Waals surface area contributed by atoms with Gasteiger partial charge in [-0.2, -0.15) is 0 Å². The number of carboxylic acids is 1. The van der Waals surface area contributed by atoms with E-state index in [9.17, 15) is 9.59 Å². The lowest BCUT2D eigenvalue weighted by Crippen LogP contribution is -2.55. The summed E-state index contributed by atoms with van der Waals surface area (Å²) < 4.78 is 10.1. The second kappa shape index (κ2) is 6.38. The van der Waals surface area contributed by atoms with Crippen molar-refractivity contribution in [2.45, 2.75) is 32.2 Å². The van der Waals surface area contributed by atoms with Gasteiger partial charge in [0.25, 0.3) is 5.91 Å². The first-order valence-corrected chi connectivity index (χ1v) is 6.05. The van der Waals surface area contributed by atoms with Crippen LogP contribution in [0.25, 0.3) is 0 Å². The smallest absolute Gasteiger partial charge is 0.331 e. The molecule has 1 aromatic rings. The maximum atomic E-state index is 12.1. The molecule has 0 aromatic carbocycles. The van der Waals surface area contributed by atoms with Gasteiger partial charge in [0.15, 0.2) is 5.54 Å². The monoisotopic (exact) mass is 269 g/mol. The molecule has 1 atom stereocenters. The normalized spacial score (nSPS) is 13.8. The molecule has 0 aliphatic heterocycles. The third-order valence-corrected chi connectivity index (χ3v) is 2.76. The number of aliphatic carboxylic acids is 1. The number of furan rings is 1. The SMILES string of the molecule is CCCc1occc1C(=O)NC(C)(COC)C(=O)O. The highest BCUT2D eigenvalue weighted by Gasteiger charge is 2.35.